The van der Waals surface area contributed by atoms with Crippen LogP contribution in [0.5, 0.6) is 5.75 Å². The third kappa shape index (κ3) is 2.55. The van der Waals surface area contributed by atoms with E-state index in [1.165, 1.54) is 0 Å². The van der Waals surface area contributed by atoms with Crippen LogP contribution in [0, 0.1) is 6.07 Å². The standard InChI is InChI=1S/C15H11Cl2N2O/c16-12-5-9(6-13(17)15(12)18)8-20-11-1-2-14-10(7-11)3-4-19-14/h1-2,4-7,19H,8,18H2. The van der Waals surface area contributed by atoms with Crippen molar-refractivity contribution in [3.05, 3.63) is 58.2 Å². The number of rotatable bonds is 3. The number of aromatic nitrogens is 1. The molecule has 0 aliphatic rings. The highest BCUT2D eigenvalue weighted by molar-refractivity contribution is 6.38. The first-order valence-corrected chi connectivity index (χ1v) is 6.74. The molecule has 0 amide bonds. The summed E-state index contributed by atoms with van der Waals surface area (Å²) in [5, 5.41) is 1.85. The third-order valence-electron chi connectivity index (χ3n) is 2.99. The summed E-state index contributed by atoms with van der Waals surface area (Å²) in [5.74, 6) is 0.761. The second-order valence-electron chi connectivity index (χ2n) is 4.40. The first-order chi connectivity index (χ1) is 9.63. The molecule has 2 aromatic carbocycles. The van der Waals surface area contributed by atoms with E-state index in [0.29, 0.717) is 22.3 Å². The minimum Gasteiger partial charge on any atom is -0.489 e. The van der Waals surface area contributed by atoms with E-state index < -0.39 is 0 Å². The fourth-order valence-corrected chi connectivity index (χ4v) is 2.47. The number of halogens is 2. The fraction of sp³-hybridized carbons (Fsp3) is 0.0667. The Morgan fingerprint density at radius 3 is 2.65 bits per heavy atom. The lowest BCUT2D eigenvalue weighted by atomic mass is 10.2. The van der Waals surface area contributed by atoms with Gasteiger partial charge in [-0.1, -0.05) is 23.2 Å². The Hall–Kier alpha value is -1.84. The van der Waals surface area contributed by atoms with E-state index in [-0.39, 0.29) is 0 Å². The first kappa shape index (κ1) is 13.2. The molecular formula is C15H11Cl2N2O. The van der Waals surface area contributed by atoms with Crippen LogP contribution in [0.1, 0.15) is 5.56 Å². The summed E-state index contributed by atoms with van der Waals surface area (Å²) in [7, 11) is 0. The van der Waals surface area contributed by atoms with Crippen LogP contribution in [0.4, 0.5) is 5.69 Å². The average molecular weight is 306 g/mol. The van der Waals surface area contributed by atoms with Crippen LogP contribution >= 0.6 is 23.2 Å². The van der Waals surface area contributed by atoms with Crippen LogP contribution in [0.15, 0.2) is 36.5 Å². The quantitative estimate of drug-likeness (QED) is 0.703. The molecule has 3 nitrogen and oxygen atoms in total. The molecule has 3 rings (SSSR count). The minimum absolute atomic E-state index is 0.371. The number of benzene rings is 2. The monoisotopic (exact) mass is 305 g/mol. The van der Waals surface area contributed by atoms with Crippen molar-refractivity contribution in [1.82, 2.24) is 4.98 Å². The van der Waals surface area contributed by atoms with Gasteiger partial charge in [0.25, 0.3) is 0 Å². The number of H-pyrrole nitrogens is 1. The SMILES string of the molecule is Nc1c(Cl)cc(COc2ccc3[nH]c[c]c3c2)cc1Cl. The van der Waals surface area contributed by atoms with Crippen molar-refractivity contribution >= 4 is 39.8 Å². The van der Waals surface area contributed by atoms with Crippen molar-refractivity contribution in [3.63, 3.8) is 0 Å². The molecule has 101 valence electrons. The summed E-state index contributed by atoms with van der Waals surface area (Å²) in [6.45, 7) is 0.371. The molecule has 1 aromatic heterocycles. The minimum atomic E-state index is 0.371. The van der Waals surface area contributed by atoms with E-state index >= 15 is 0 Å². The molecule has 0 unspecified atom stereocenters. The van der Waals surface area contributed by atoms with Crippen LogP contribution in [0.3, 0.4) is 0 Å². The van der Waals surface area contributed by atoms with E-state index in [9.17, 15) is 0 Å². The second-order valence-corrected chi connectivity index (χ2v) is 5.22. The van der Waals surface area contributed by atoms with E-state index in [1.54, 1.807) is 18.3 Å². The fourth-order valence-electron chi connectivity index (χ4n) is 1.94. The maximum atomic E-state index is 5.99. The zero-order chi connectivity index (χ0) is 14.1. The van der Waals surface area contributed by atoms with Gasteiger partial charge in [-0.3, -0.25) is 0 Å². The van der Waals surface area contributed by atoms with Gasteiger partial charge in [0.1, 0.15) is 12.4 Å². The molecule has 1 radical (unpaired) electrons. The molecule has 0 aliphatic carbocycles. The number of nitrogens with two attached hydrogens (primary N) is 1. The van der Waals surface area contributed by atoms with E-state index in [4.69, 9.17) is 33.7 Å². The maximum absolute atomic E-state index is 5.99. The summed E-state index contributed by atoms with van der Waals surface area (Å²) < 4.78 is 5.73. The molecule has 0 aliphatic heterocycles. The number of aromatic amines is 1. The van der Waals surface area contributed by atoms with Gasteiger partial charge in [0.2, 0.25) is 0 Å². The Bertz CT molecular complexity index is 744. The molecule has 5 heteroatoms. The van der Waals surface area contributed by atoms with Gasteiger partial charge in [0.15, 0.2) is 0 Å². The normalized spacial score (nSPS) is 10.9. The number of hydrogen-bond donors (Lipinski definition) is 2. The molecule has 3 N–H and O–H groups in total. The largest absolute Gasteiger partial charge is 0.489 e. The zero-order valence-electron chi connectivity index (χ0n) is 10.4. The van der Waals surface area contributed by atoms with Crippen LogP contribution in [0.25, 0.3) is 10.9 Å². The highest BCUT2D eigenvalue weighted by Gasteiger charge is 2.06. The topological polar surface area (TPSA) is 51.0 Å². The molecule has 20 heavy (non-hydrogen) atoms. The van der Waals surface area contributed by atoms with Gasteiger partial charge >= 0.3 is 0 Å². The van der Waals surface area contributed by atoms with Crippen LogP contribution in [-0.2, 0) is 6.61 Å². The first-order valence-electron chi connectivity index (χ1n) is 5.98. The summed E-state index contributed by atoms with van der Waals surface area (Å²) in [5.41, 5.74) is 7.98. The predicted octanol–water partition coefficient (Wildman–Crippen LogP) is 4.44. The van der Waals surface area contributed by atoms with Crippen molar-refractivity contribution < 1.29 is 4.74 Å². The number of fused-ring (bicyclic) bond motifs is 1. The Morgan fingerprint density at radius 1 is 1.15 bits per heavy atom. The van der Waals surface area contributed by atoms with Crippen molar-refractivity contribution in [3.8, 4) is 5.75 Å². The van der Waals surface area contributed by atoms with E-state index in [2.05, 4.69) is 11.1 Å². The van der Waals surface area contributed by atoms with E-state index in [0.717, 1.165) is 22.2 Å². The molecular weight excluding hydrogens is 295 g/mol. The average Bonchev–Trinajstić information content (AvgIpc) is 2.89. The predicted molar refractivity (Wildman–Crippen MR) is 82.3 cm³/mol. The lowest BCUT2D eigenvalue weighted by molar-refractivity contribution is 0.306. The number of nitrogen functional groups attached to an aromatic ring is 1. The number of hydrogen-bond acceptors (Lipinski definition) is 2. The molecule has 0 fully saturated rings. The summed E-state index contributed by atoms with van der Waals surface area (Å²) in [6, 6.07) is 12.4. The highest BCUT2D eigenvalue weighted by atomic mass is 35.5. The van der Waals surface area contributed by atoms with Gasteiger partial charge in [-0.15, -0.1) is 0 Å². The molecule has 0 bridgehead atoms. The van der Waals surface area contributed by atoms with Gasteiger partial charge in [-0.25, -0.2) is 0 Å². The summed E-state index contributed by atoms with van der Waals surface area (Å²) >= 11 is 12.0. The third-order valence-corrected chi connectivity index (χ3v) is 3.62. The lowest BCUT2D eigenvalue weighted by Gasteiger charge is -2.09. The Labute approximate surface area is 126 Å². The maximum Gasteiger partial charge on any atom is 0.120 e. The van der Waals surface area contributed by atoms with E-state index in [1.807, 2.05) is 18.2 Å². The summed E-state index contributed by atoms with van der Waals surface area (Å²) in [4.78, 5) is 3.08. The van der Waals surface area contributed by atoms with Gasteiger partial charge in [-0.05, 0) is 35.9 Å². The van der Waals surface area contributed by atoms with Crippen molar-refractivity contribution in [2.45, 2.75) is 6.61 Å². The Balaban J connectivity index is 1.78. The van der Waals surface area contributed by atoms with Crippen molar-refractivity contribution in [2.24, 2.45) is 0 Å². The molecule has 1 heterocycles. The van der Waals surface area contributed by atoms with Crippen LogP contribution in [0.2, 0.25) is 10.0 Å². The number of ether oxygens (including phenoxy) is 1. The Morgan fingerprint density at radius 2 is 1.90 bits per heavy atom. The lowest BCUT2D eigenvalue weighted by Crippen LogP contribution is -1.97. The van der Waals surface area contributed by atoms with Crippen LogP contribution < -0.4 is 10.5 Å². The molecule has 0 atom stereocenters. The Kier molecular flexibility index (Phi) is 3.47. The smallest absolute Gasteiger partial charge is 0.120 e. The number of nitrogens with one attached hydrogen (secondary N) is 1. The van der Waals surface area contributed by atoms with Gasteiger partial charge in [0.05, 0.1) is 15.7 Å². The van der Waals surface area contributed by atoms with Gasteiger partial charge in [0, 0.05) is 23.2 Å². The molecule has 0 saturated heterocycles. The number of anilines is 1. The molecule has 0 saturated carbocycles. The zero-order valence-corrected chi connectivity index (χ0v) is 11.9. The highest BCUT2D eigenvalue weighted by Crippen LogP contribution is 2.29. The van der Waals surface area contributed by atoms with Gasteiger partial charge in [-0.2, -0.15) is 0 Å². The molecule has 0 spiro atoms. The van der Waals surface area contributed by atoms with Crippen molar-refractivity contribution in [2.75, 3.05) is 5.73 Å². The van der Waals surface area contributed by atoms with Crippen molar-refractivity contribution in [1.29, 1.82) is 0 Å². The molecule has 3 aromatic rings. The van der Waals surface area contributed by atoms with Crippen LogP contribution in [-0.4, -0.2) is 4.98 Å². The summed E-state index contributed by atoms with van der Waals surface area (Å²) in [6.07, 6.45) is 1.77. The van der Waals surface area contributed by atoms with Gasteiger partial charge < -0.3 is 15.5 Å². The second kappa shape index (κ2) is 5.27.